The summed E-state index contributed by atoms with van der Waals surface area (Å²) in [5.41, 5.74) is 0. The largest absolute Gasteiger partial charge is 0.383 e. The van der Waals surface area contributed by atoms with Crippen molar-refractivity contribution in [1.82, 2.24) is 14.8 Å². The average Bonchev–Trinajstić information content (AvgIpc) is 2.57. The number of nitrogens with zero attached hydrogens (tertiary/aromatic N) is 3. The van der Waals surface area contributed by atoms with Crippen molar-refractivity contribution in [3.63, 3.8) is 0 Å². The SMILES string of the molecule is CC.COCCn1cncn1. The van der Waals surface area contributed by atoms with Gasteiger partial charge in [-0.05, 0) is 0 Å². The molecule has 4 heteroatoms. The van der Waals surface area contributed by atoms with Gasteiger partial charge in [-0.25, -0.2) is 4.98 Å². The van der Waals surface area contributed by atoms with Gasteiger partial charge in [-0.3, -0.25) is 4.68 Å². The van der Waals surface area contributed by atoms with Crippen molar-refractivity contribution in [1.29, 1.82) is 0 Å². The van der Waals surface area contributed by atoms with Crippen molar-refractivity contribution < 1.29 is 4.74 Å². The third-order valence-corrected chi connectivity index (χ3v) is 0.991. The predicted octanol–water partition coefficient (Wildman–Crippen LogP) is 0.951. The molecular weight excluding hydrogens is 142 g/mol. The second-order valence-corrected chi connectivity index (χ2v) is 1.65. The maximum Gasteiger partial charge on any atom is 0.137 e. The van der Waals surface area contributed by atoms with E-state index in [1.165, 1.54) is 6.33 Å². The fraction of sp³-hybridized carbons (Fsp3) is 0.714. The maximum atomic E-state index is 4.83. The van der Waals surface area contributed by atoms with Gasteiger partial charge >= 0.3 is 0 Å². The van der Waals surface area contributed by atoms with Crippen LogP contribution in [0, 0.1) is 0 Å². The molecule has 1 aromatic rings. The van der Waals surface area contributed by atoms with Crippen LogP contribution < -0.4 is 0 Å². The number of rotatable bonds is 3. The first-order valence-electron chi connectivity index (χ1n) is 3.75. The molecule has 0 spiro atoms. The van der Waals surface area contributed by atoms with Gasteiger partial charge in [-0.1, -0.05) is 13.8 Å². The molecule has 0 saturated carbocycles. The van der Waals surface area contributed by atoms with E-state index < -0.39 is 0 Å². The van der Waals surface area contributed by atoms with E-state index in [4.69, 9.17) is 4.74 Å². The lowest BCUT2D eigenvalue weighted by Crippen LogP contribution is -2.03. The molecule has 1 rings (SSSR count). The van der Waals surface area contributed by atoms with Gasteiger partial charge in [0.05, 0.1) is 13.2 Å². The molecule has 0 radical (unpaired) electrons. The first kappa shape index (κ1) is 10.1. The molecule has 1 aromatic heterocycles. The first-order valence-corrected chi connectivity index (χ1v) is 3.75. The van der Waals surface area contributed by atoms with E-state index in [2.05, 4.69) is 10.1 Å². The molecule has 64 valence electrons. The molecule has 0 aromatic carbocycles. The average molecular weight is 157 g/mol. The number of hydrogen-bond acceptors (Lipinski definition) is 3. The number of methoxy groups -OCH3 is 1. The Balaban J connectivity index is 0.000000461. The van der Waals surface area contributed by atoms with Crippen LogP contribution in [0.25, 0.3) is 0 Å². The quantitative estimate of drug-likeness (QED) is 0.655. The zero-order valence-corrected chi connectivity index (χ0v) is 7.32. The molecule has 11 heavy (non-hydrogen) atoms. The van der Waals surface area contributed by atoms with Crippen LogP contribution in [0.5, 0.6) is 0 Å². The standard InChI is InChI=1S/C5H9N3O.C2H6/c1-9-3-2-8-5-6-4-7-8;1-2/h4-5H,2-3H2,1H3;1-2H3. The second-order valence-electron chi connectivity index (χ2n) is 1.65. The number of aromatic nitrogens is 3. The smallest absolute Gasteiger partial charge is 0.137 e. The monoisotopic (exact) mass is 157 g/mol. The van der Waals surface area contributed by atoms with Crippen molar-refractivity contribution in [3.8, 4) is 0 Å². The Hall–Kier alpha value is -0.900. The van der Waals surface area contributed by atoms with Gasteiger partial charge in [-0.2, -0.15) is 5.10 Å². The van der Waals surface area contributed by atoms with Gasteiger partial charge < -0.3 is 4.74 Å². The number of hydrogen-bond donors (Lipinski definition) is 0. The van der Waals surface area contributed by atoms with Gasteiger partial charge in [0.2, 0.25) is 0 Å². The summed E-state index contributed by atoms with van der Waals surface area (Å²) in [4.78, 5) is 3.77. The van der Waals surface area contributed by atoms with Crippen molar-refractivity contribution in [2.75, 3.05) is 13.7 Å². The molecule has 0 bridgehead atoms. The summed E-state index contributed by atoms with van der Waals surface area (Å²) >= 11 is 0. The first-order chi connectivity index (χ1) is 5.43. The van der Waals surface area contributed by atoms with Gasteiger partial charge in [0.1, 0.15) is 12.7 Å². The molecule has 0 atom stereocenters. The van der Waals surface area contributed by atoms with Crippen LogP contribution in [0.3, 0.4) is 0 Å². The van der Waals surface area contributed by atoms with Gasteiger partial charge in [-0.15, -0.1) is 0 Å². The zero-order chi connectivity index (χ0) is 8.53. The summed E-state index contributed by atoms with van der Waals surface area (Å²) in [5.74, 6) is 0. The summed E-state index contributed by atoms with van der Waals surface area (Å²) in [6, 6.07) is 0. The van der Waals surface area contributed by atoms with Crippen LogP contribution in [-0.4, -0.2) is 28.5 Å². The highest BCUT2D eigenvalue weighted by Crippen LogP contribution is 1.78. The minimum Gasteiger partial charge on any atom is -0.383 e. The third-order valence-electron chi connectivity index (χ3n) is 0.991. The van der Waals surface area contributed by atoms with Crippen LogP contribution >= 0.6 is 0 Å². The predicted molar refractivity (Wildman–Crippen MR) is 43.2 cm³/mol. The van der Waals surface area contributed by atoms with Crippen molar-refractivity contribution >= 4 is 0 Å². The van der Waals surface area contributed by atoms with Gasteiger partial charge in [0, 0.05) is 7.11 Å². The summed E-state index contributed by atoms with van der Waals surface area (Å²) < 4.78 is 6.55. The molecule has 0 aliphatic heterocycles. The highest BCUT2D eigenvalue weighted by molar-refractivity contribution is 4.54. The lowest BCUT2D eigenvalue weighted by atomic mass is 10.7. The van der Waals surface area contributed by atoms with Crippen LogP contribution in [0.2, 0.25) is 0 Å². The van der Waals surface area contributed by atoms with Gasteiger partial charge in [0.15, 0.2) is 0 Å². The maximum absolute atomic E-state index is 4.83. The van der Waals surface area contributed by atoms with E-state index in [-0.39, 0.29) is 0 Å². The lowest BCUT2D eigenvalue weighted by Gasteiger charge is -1.95. The molecule has 4 nitrogen and oxygen atoms in total. The van der Waals surface area contributed by atoms with Crippen LogP contribution in [0.4, 0.5) is 0 Å². The molecule has 1 heterocycles. The lowest BCUT2D eigenvalue weighted by molar-refractivity contribution is 0.183. The molecule has 0 aliphatic rings. The normalized spacial score (nSPS) is 8.64. The highest BCUT2D eigenvalue weighted by atomic mass is 16.5. The summed E-state index contributed by atoms with van der Waals surface area (Å²) in [6.45, 7) is 5.46. The summed E-state index contributed by atoms with van der Waals surface area (Å²) in [7, 11) is 1.66. The Morgan fingerprint density at radius 2 is 2.18 bits per heavy atom. The van der Waals surface area contributed by atoms with Crippen molar-refractivity contribution in [2.45, 2.75) is 20.4 Å². The van der Waals surface area contributed by atoms with Crippen molar-refractivity contribution in [2.24, 2.45) is 0 Å². The molecule has 0 saturated heterocycles. The fourth-order valence-corrected chi connectivity index (χ4v) is 0.533. The van der Waals surface area contributed by atoms with Crippen LogP contribution in [-0.2, 0) is 11.3 Å². The minimum absolute atomic E-state index is 0.684. The molecule has 0 amide bonds. The minimum atomic E-state index is 0.684. The second kappa shape index (κ2) is 7.21. The Morgan fingerprint density at radius 3 is 2.64 bits per heavy atom. The van der Waals surface area contributed by atoms with Crippen molar-refractivity contribution in [3.05, 3.63) is 12.7 Å². The molecule has 0 aliphatic carbocycles. The van der Waals surface area contributed by atoms with E-state index in [0.717, 1.165) is 6.54 Å². The Morgan fingerprint density at radius 1 is 1.45 bits per heavy atom. The number of ether oxygens (including phenoxy) is 1. The topological polar surface area (TPSA) is 39.9 Å². The van der Waals surface area contributed by atoms with Crippen LogP contribution in [0.15, 0.2) is 12.7 Å². The third kappa shape index (κ3) is 4.50. The molecule has 0 fully saturated rings. The van der Waals surface area contributed by atoms with E-state index in [1.54, 1.807) is 18.1 Å². The van der Waals surface area contributed by atoms with Crippen LogP contribution in [0.1, 0.15) is 13.8 Å². The summed E-state index contributed by atoms with van der Waals surface area (Å²) in [5, 5.41) is 3.88. The van der Waals surface area contributed by atoms with E-state index in [0.29, 0.717) is 6.61 Å². The van der Waals surface area contributed by atoms with Gasteiger partial charge in [0.25, 0.3) is 0 Å². The Kier molecular flexibility index (Phi) is 6.62. The van der Waals surface area contributed by atoms with E-state index in [9.17, 15) is 0 Å². The molecule has 0 unspecified atom stereocenters. The fourth-order valence-electron chi connectivity index (χ4n) is 0.533. The van der Waals surface area contributed by atoms with E-state index in [1.807, 2.05) is 13.8 Å². The highest BCUT2D eigenvalue weighted by Gasteiger charge is 1.86. The Labute approximate surface area is 67.2 Å². The van der Waals surface area contributed by atoms with E-state index >= 15 is 0 Å². The molecular formula is C7H15N3O. The molecule has 0 N–H and O–H groups in total. The Bertz CT molecular complexity index is 151. The summed E-state index contributed by atoms with van der Waals surface area (Å²) in [6.07, 6.45) is 3.18. The zero-order valence-electron chi connectivity index (χ0n) is 7.32.